The topological polar surface area (TPSA) is 73.6 Å². The maximum atomic E-state index is 12.5. The molecule has 3 N–H and O–H groups in total. The molecule has 5 nitrogen and oxygen atoms in total. The van der Waals surface area contributed by atoms with Crippen molar-refractivity contribution >= 4 is 23.2 Å². The summed E-state index contributed by atoms with van der Waals surface area (Å²) in [7, 11) is 1.56. The van der Waals surface area contributed by atoms with Crippen molar-refractivity contribution in [2.24, 2.45) is 5.73 Å². The molecule has 3 aromatic carbocycles. The van der Waals surface area contributed by atoms with Crippen LogP contribution in [0.5, 0.6) is 11.5 Å². The van der Waals surface area contributed by atoms with E-state index in [0.29, 0.717) is 35.4 Å². The van der Waals surface area contributed by atoms with Crippen molar-refractivity contribution in [3.05, 3.63) is 77.3 Å². The second kappa shape index (κ2) is 9.96. The summed E-state index contributed by atoms with van der Waals surface area (Å²) >= 11 is 6.28. The fraction of sp³-hybridized carbons (Fsp3) is 0.174. The minimum atomic E-state index is -0.126. The van der Waals surface area contributed by atoms with E-state index in [-0.39, 0.29) is 12.3 Å². The summed E-state index contributed by atoms with van der Waals surface area (Å²) in [5, 5.41) is 3.60. The SMILES string of the molecule is COc1cc(CC(=O)Nc2cccc(-c3ccccc3Cl)c2)ccc1OCCN. The molecule has 29 heavy (non-hydrogen) atoms. The average molecular weight is 411 g/mol. The molecule has 0 bridgehead atoms. The van der Waals surface area contributed by atoms with Crippen LogP contribution in [0, 0.1) is 0 Å². The third kappa shape index (κ3) is 5.50. The number of methoxy groups -OCH3 is 1. The van der Waals surface area contributed by atoms with Gasteiger partial charge in [0.2, 0.25) is 5.91 Å². The van der Waals surface area contributed by atoms with Gasteiger partial charge < -0.3 is 20.5 Å². The van der Waals surface area contributed by atoms with Crippen LogP contribution in [0.25, 0.3) is 11.1 Å². The maximum Gasteiger partial charge on any atom is 0.228 e. The van der Waals surface area contributed by atoms with Crippen LogP contribution >= 0.6 is 11.6 Å². The predicted molar refractivity (Wildman–Crippen MR) is 117 cm³/mol. The molecule has 6 heteroatoms. The van der Waals surface area contributed by atoms with E-state index in [2.05, 4.69) is 5.32 Å². The van der Waals surface area contributed by atoms with E-state index in [0.717, 1.165) is 16.7 Å². The molecule has 0 aromatic heterocycles. The minimum absolute atomic E-state index is 0.126. The van der Waals surface area contributed by atoms with Gasteiger partial charge in [0.1, 0.15) is 6.61 Å². The Labute approximate surface area is 175 Å². The van der Waals surface area contributed by atoms with E-state index < -0.39 is 0 Å². The van der Waals surface area contributed by atoms with Gasteiger partial charge in [-0.15, -0.1) is 0 Å². The molecule has 0 aliphatic heterocycles. The number of benzene rings is 3. The van der Waals surface area contributed by atoms with Gasteiger partial charge in [-0.25, -0.2) is 0 Å². The quantitative estimate of drug-likeness (QED) is 0.572. The Morgan fingerprint density at radius 3 is 2.62 bits per heavy atom. The molecule has 0 aliphatic rings. The monoisotopic (exact) mass is 410 g/mol. The number of hydrogen-bond donors (Lipinski definition) is 2. The van der Waals surface area contributed by atoms with Crippen LogP contribution in [-0.2, 0) is 11.2 Å². The van der Waals surface area contributed by atoms with Crippen molar-refractivity contribution in [1.82, 2.24) is 0 Å². The van der Waals surface area contributed by atoms with Gasteiger partial charge in [0.15, 0.2) is 11.5 Å². The van der Waals surface area contributed by atoms with Gasteiger partial charge >= 0.3 is 0 Å². The first-order valence-electron chi connectivity index (χ1n) is 9.25. The lowest BCUT2D eigenvalue weighted by Gasteiger charge is -2.12. The molecule has 0 heterocycles. The standard InChI is InChI=1S/C23H23ClN2O3/c1-28-22-13-16(9-10-21(22)29-12-11-25)14-23(27)26-18-6-4-5-17(15-18)19-7-2-3-8-20(19)24/h2-10,13,15H,11-12,14,25H2,1H3,(H,26,27). The number of carbonyl (C=O) groups is 1. The Morgan fingerprint density at radius 2 is 1.86 bits per heavy atom. The lowest BCUT2D eigenvalue weighted by atomic mass is 10.0. The number of halogens is 1. The second-order valence-electron chi connectivity index (χ2n) is 6.41. The van der Waals surface area contributed by atoms with Crippen molar-refractivity contribution in [3.63, 3.8) is 0 Å². The van der Waals surface area contributed by atoms with Crippen molar-refractivity contribution in [3.8, 4) is 22.6 Å². The summed E-state index contributed by atoms with van der Waals surface area (Å²) in [5.41, 5.74) is 8.86. The number of nitrogens with one attached hydrogen (secondary N) is 1. The molecule has 0 fully saturated rings. The van der Waals surface area contributed by atoms with Crippen molar-refractivity contribution < 1.29 is 14.3 Å². The van der Waals surface area contributed by atoms with E-state index in [1.54, 1.807) is 19.2 Å². The highest BCUT2D eigenvalue weighted by atomic mass is 35.5. The van der Waals surface area contributed by atoms with Crippen LogP contribution in [-0.4, -0.2) is 26.2 Å². The van der Waals surface area contributed by atoms with Gasteiger partial charge in [-0.1, -0.05) is 48.0 Å². The first-order valence-corrected chi connectivity index (χ1v) is 9.63. The third-order valence-electron chi connectivity index (χ3n) is 4.30. The van der Waals surface area contributed by atoms with Gasteiger partial charge in [-0.05, 0) is 41.5 Å². The zero-order valence-corrected chi connectivity index (χ0v) is 16.9. The number of hydrogen-bond acceptors (Lipinski definition) is 4. The normalized spacial score (nSPS) is 10.4. The Kier molecular flexibility index (Phi) is 7.11. The lowest BCUT2D eigenvalue weighted by molar-refractivity contribution is -0.115. The summed E-state index contributed by atoms with van der Waals surface area (Å²) < 4.78 is 10.9. The van der Waals surface area contributed by atoms with Crippen LogP contribution in [0.4, 0.5) is 5.69 Å². The third-order valence-corrected chi connectivity index (χ3v) is 4.63. The number of anilines is 1. The van der Waals surface area contributed by atoms with Crippen LogP contribution in [0.2, 0.25) is 5.02 Å². The molecule has 0 unspecified atom stereocenters. The molecule has 0 aliphatic carbocycles. The summed E-state index contributed by atoms with van der Waals surface area (Å²) in [5.74, 6) is 1.05. The molecule has 0 saturated heterocycles. The molecular weight excluding hydrogens is 388 g/mol. The van der Waals surface area contributed by atoms with Gasteiger partial charge in [-0.2, -0.15) is 0 Å². The molecule has 1 amide bonds. The van der Waals surface area contributed by atoms with Gasteiger partial charge in [0.05, 0.1) is 13.5 Å². The van der Waals surface area contributed by atoms with Crippen molar-refractivity contribution in [2.45, 2.75) is 6.42 Å². The van der Waals surface area contributed by atoms with Gasteiger partial charge in [0.25, 0.3) is 0 Å². The summed E-state index contributed by atoms with van der Waals surface area (Å²) in [4.78, 5) is 12.5. The molecule has 0 atom stereocenters. The van der Waals surface area contributed by atoms with Crippen LogP contribution in [0.1, 0.15) is 5.56 Å². The predicted octanol–water partition coefficient (Wildman–Crippen LogP) is 4.53. The first kappa shape index (κ1) is 20.7. The zero-order chi connectivity index (χ0) is 20.6. The van der Waals surface area contributed by atoms with Crippen molar-refractivity contribution in [1.29, 1.82) is 0 Å². The highest BCUT2D eigenvalue weighted by Crippen LogP contribution is 2.30. The molecule has 0 spiro atoms. The molecular formula is C23H23ClN2O3. The number of ether oxygens (including phenoxy) is 2. The van der Waals surface area contributed by atoms with Gasteiger partial charge in [0, 0.05) is 22.8 Å². The second-order valence-corrected chi connectivity index (χ2v) is 6.82. The fourth-order valence-corrected chi connectivity index (χ4v) is 3.21. The Bertz CT molecular complexity index is 991. The van der Waals surface area contributed by atoms with E-state index in [4.69, 9.17) is 26.8 Å². The fourth-order valence-electron chi connectivity index (χ4n) is 2.96. The van der Waals surface area contributed by atoms with E-state index in [9.17, 15) is 4.79 Å². The molecule has 3 aromatic rings. The maximum absolute atomic E-state index is 12.5. The van der Waals surface area contributed by atoms with E-state index in [1.807, 2.05) is 54.6 Å². The van der Waals surface area contributed by atoms with E-state index in [1.165, 1.54) is 0 Å². The Hall–Kier alpha value is -3.02. The summed E-state index contributed by atoms with van der Waals surface area (Å²) in [6.07, 6.45) is 0.212. The van der Waals surface area contributed by atoms with Crippen LogP contribution in [0.15, 0.2) is 66.7 Å². The molecule has 3 rings (SSSR count). The number of amides is 1. The number of rotatable bonds is 8. The van der Waals surface area contributed by atoms with Gasteiger partial charge in [-0.3, -0.25) is 4.79 Å². The number of carbonyl (C=O) groups excluding carboxylic acids is 1. The average Bonchev–Trinajstić information content (AvgIpc) is 2.73. The largest absolute Gasteiger partial charge is 0.493 e. The Balaban J connectivity index is 1.70. The summed E-state index contributed by atoms with van der Waals surface area (Å²) in [6, 6.07) is 20.6. The van der Waals surface area contributed by atoms with Crippen LogP contribution < -0.4 is 20.5 Å². The molecule has 150 valence electrons. The van der Waals surface area contributed by atoms with Crippen molar-refractivity contribution in [2.75, 3.05) is 25.6 Å². The highest BCUT2D eigenvalue weighted by Gasteiger charge is 2.10. The zero-order valence-electron chi connectivity index (χ0n) is 16.2. The highest BCUT2D eigenvalue weighted by molar-refractivity contribution is 6.33. The molecule has 0 saturated carbocycles. The lowest BCUT2D eigenvalue weighted by Crippen LogP contribution is -2.14. The molecule has 0 radical (unpaired) electrons. The number of nitrogens with two attached hydrogens (primary N) is 1. The smallest absolute Gasteiger partial charge is 0.228 e. The van der Waals surface area contributed by atoms with Crippen LogP contribution in [0.3, 0.4) is 0 Å². The Morgan fingerprint density at radius 1 is 1.03 bits per heavy atom. The van der Waals surface area contributed by atoms with E-state index >= 15 is 0 Å². The minimum Gasteiger partial charge on any atom is -0.493 e. The summed E-state index contributed by atoms with van der Waals surface area (Å²) in [6.45, 7) is 0.818. The first-order chi connectivity index (χ1) is 14.1.